The molecule has 3 atom stereocenters. The third-order valence-corrected chi connectivity index (χ3v) is 13.7. The average Bonchev–Trinajstić information content (AvgIpc) is 3.54. The van der Waals surface area contributed by atoms with Crippen molar-refractivity contribution in [2.24, 2.45) is 11.3 Å². The topological polar surface area (TPSA) is 62.1 Å². The summed E-state index contributed by atoms with van der Waals surface area (Å²) in [5, 5.41) is 13.4. The van der Waals surface area contributed by atoms with Gasteiger partial charge in [0, 0.05) is 0 Å². The number of fused-ring (bicyclic) bond motifs is 1. The molecule has 1 aliphatic heterocycles. The van der Waals surface area contributed by atoms with Crippen LogP contribution in [0, 0.1) is 11.3 Å². The molecule has 0 saturated heterocycles. The molecule has 1 fully saturated rings. The zero-order chi connectivity index (χ0) is 28.0. The van der Waals surface area contributed by atoms with E-state index in [1.165, 1.54) is 29.5 Å². The molecule has 1 aromatic heterocycles. The fourth-order valence-electron chi connectivity index (χ4n) is 6.90. The Morgan fingerprint density at radius 1 is 1.05 bits per heavy atom. The van der Waals surface area contributed by atoms with Crippen LogP contribution in [0.4, 0.5) is 0 Å². The first kappa shape index (κ1) is 28.8. The summed E-state index contributed by atoms with van der Waals surface area (Å²) < 4.78 is 15.7. The number of tetrazole rings is 1. The second kappa shape index (κ2) is 10.9. The van der Waals surface area contributed by atoms with Gasteiger partial charge in [0.1, 0.15) is 0 Å². The SMILES string of the molecule is C[Si](C)OC1Oc2cc(C3(c4nnn[n]4[Sn]([CH3])([CH3])[CH3])CCCC3)ccc2[C@@H](C(C)(C)C)[C@@H]1Cc1ccccc1. The summed E-state index contributed by atoms with van der Waals surface area (Å²) in [5.41, 5.74) is 3.81. The normalized spacial score (nSPS) is 23.1. The molecule has 2 aliphatic rings. The van der Waals surface area contributed by atoms with Crippen molar-refractivity contribution in [3.63, 3.8) is 0 Å². The Morgan fingerprint density at radius 3 is 2.36 bits per heavy atom. The summed E-state index contributed by atoms with van der Waals surface area (Å²) in [6.45, 7) is 11.5. The molecule has 1 saturated carbocycles. The molecular formula is C31H45N4O2SiSn. The molecule has 1 radical (unpaired) electrons. The minimum atomic E-state index is -2.59. The van der Waals surface area contributed by atoms with Crippen LogP contribution < -0.4 is 4.74 Å². The van der Waals surface area contributed by atoms with Crippen molar-refractivity contribution in [1.82, 2.24) is 18.4 Å². The molecule has 1 unspecified atom stereocenters. The Bertz CT molecular complexity index is 1280. The number of hydrogen-bond acceptors (Lipinski definition) is 5. The van der Waals surface area contributed by atoms with Gasteiger partial charge in [-0.1, -0.05) is 18.2 Å². The molecule has 3 aromatic rings. The number of rotatable bonds is 7. The van der Waals surface area contributed by atoms with E-state index >= 15 is 0 Å². The van der Waals surface area contributed by atoms with Crippen LogP contribution in [0.5, 0.6) is 5.75 Å². The van der Waals surface area contributed by atoms with E-state index in [1.54, 1.807) is 0 Å². The molecule has 5 rings (SSSR count). The van der Waals surface area contributed by atoms with Crippen molar-refractivity contribution in [2.45, 2.75) is 98.4 Å². The van der Waals surface area contributed by atoms with Gasteiger partial charge in [0.15, 0.2) is 0 Å². The maximum absolute atomic E-state index is 6.87. The zero-order valence-corrected chi connectivity index (χ0v) is 28.8. The summed E-state index contributed by atoms with van der Waals surface area (Å²) in [6, 6.07) is 17.8. The molecule has 6 nitrogen and oxygen atoms in total. The van der Waals surface area contributed by atoms with Crippen molar-refractivity contribution < 1.29 is 9.16 Å². The van der Waals surface area contributed by atoms with Crippen molar-refractivity contribution in [2.75, 3.05) is 0 Å². The van der Waals surface area contributed by atoms with E-state index in [0.717, 1.165) is 30.8 Å². The first-order valence-corrected chi connectivity index (χ1v) is 26.8. The van der Waals surface area contributed by atoms with Crippen LogP contribution in [0.15, 0.2) is 48.5 Å². The first-order valence-electron chi connectivity index (χ1n) is 14.5. The van der Waals surface area contributed by atoms with Gasteiger partial charge in [-0.2, -0.15) is 0 Å². The maximum atomic E-state index is 6.87. The van der Waals surface area contributed by atoms with Gasteiger partial charge in [-0.15, -0.1) is 0 Å². The first-order chi connectivity index (χ1) is 18.4. The summed E-state index contributed by atoms with van der Waals surface area (Å²) >= 11 is -2.59. The second-order valence-corrected chi connectivity index (χ2v) is 29.5. The van der Waals surface area contributed by atoms with Crippen molar-refractivity contribution in [1.29, 1.82) is 0 Å². The van der Waals surface area contributed by atoms with E-state index in [0.29, 0.717) is 5.92 Å². The molecule has 8 heteroatoms. The fourth-order valence-corrected chi connectivity index (χ4v) is 11.0. The standard InChI is InChI=1S/C28H36N4O2Si.3CH3.Sn/c1-27(2,3)24-21-14-13-20(28(15-9-10-16-28)26-29-31-32-30-26)18-23(21)33-25(34-35(4)5)22(24)17-19-11-7-6-8-12-19;;;;/h6-8,11-14,18,22,24-25H,9-10,15-17H2,1-5H3;3*1H3;/q-1;;;;+1/t22-,24+,25?;;;;/m0..../s1. The quantitative estimate of drug-likeness (QED) is 0.253. The number of benzene rings is 2. The van der Waals surface area contributed by atoms with Crippen molar-refractivity contribution in [3.8, 4) is 5.75 Å². The van der Waals surface area contributed by atoms with Crippen LogP contribution in [-0.2, 0) is 16.3 Å². The summed E-state index contributed by atoms with van der Waals surface area (Å²) in [6.07, 6.45) is 5.20. The molecule has 0 spiro atoms. The molecule has 0 N–H and O–H groups in total. The van der Waals surface area contributed by atoms with Crippen LogP contribution in [-0.4, -0.2) is 52.4 Å². The van der Waals surface area contributed by atoms with Gasteiger partial charge in [-0.05, 0) is 0 Å². The Labute approximate surface area is 240 Å². The predicted octanol–water partition coefficient (Wildman–Crippen LogP) is 7.19. The number of ether oxygens (including phenoxy) is 1. The molecule has 39 heavy (non-hydrogen) atoms. The molecule has 2 heterocycles. The van der Waals surface area contributed by atoms with Gasteiger partial charge < -0.3 is 0 Å². The predicted molar refractivity (Wildman–Crippen MR) is 161 cm³/mol. The van der Waals surface area contributed by atoms with Gasteiger partial charge in [0.2, 0.25) is 0 Å². The average molecular weight is 653 g/mol. The van der Waals surface area contributed by atoms with E-state index < -0.39 is 27.7 Å². The van der Waals surface area contributed by atoms with E-state index in [1.807, 2.05) is 0 Å². The molecular weight excluding hydrogens is 607 g/mol. The smallest absolute Gasteiger partial charge is 0.0622 e. The number of aromatic nitrogens is 4. The van der Waals surface area contributed by atoms with Crippen LogP contribution in [0.2, 0.25) is 27.9 Å². The second-order valence-electron chi connectivity index (χ2n) is 13.8. The van der Waals surface area contributed by atoms with E-state index in [9.17, 15) is 0 Å². The Balaban J connectivity index is 1.62. The van der Waals surface area contributed by atoms with Crippen LogP contribution >= 0.6 is 0 Å². The van der Waals surface area contributed by atoms with Gasteiger partial charge in [0.05, 0.1) is 0 Å². The minimum absolute atomic E-state index is 0.0470. The Morgan fingerprint density at radius 2 is 1.74 bits per heavy atom. The van der Waals surface area contributed by atoms with Gasteiger partial charge in [0.25, 0.3) is 0 Å². The minimum Gasteiger partial charge on any atom is -0.0622 e. The third-order valence-electron chi connectivity index (χ3n) is 8.51. The monoisotopic (exact) mass is 653 g/mol. The summed E-state index contributed by atoms with van der Waals surface area (Å²) in [5.74, 6) is 2.58. The Hall–Kier alpha value is -1.71. The molecule has 0 bridgehead atoms. The molecule has 1 aliphatic carbocycles. The molecule has 0 amide bonds. The summed E-state index contributed by atoms with van der Waals surface area (Å²) in [7, 11) is -0.969. The molecule has 2 aromatic carbocycles. The number of hydrogen-bond donors (Lipinski definition) is 0. The number of nitrogens with zero attached hydrogens (tertiary/aromatic N) is 4. The van der Waals surface area contributed by atoms with E-state index in [2.05, 4.69) is 116 Å². The third kappa shape index (κ3) is 5.73. The van der Waals surface area contributed by atoms with Crippen LogP contribution in [0.3, 0.4) is 0 Å². The fraction of sp³-hybridized carbons (Fsp3) is 0.581. The molecule has 209 valence electrons. The van der Waals surface area contributed by atoms with Gasteiger partial charge in [-0.3, -0.25) is 0 Å². The van der Waals surface area contributed by atoms with E-state index in [-0.39, 0.29) is 23.0 Å². The van der Waals surface area contributed by atoms with E-state index in [4.69, 9.17) is 9.16 Å². The van der Waals surface area contributed by atoms with Gasteiger partial charge >= 0.3 is 224 Å². The van der Waals surface area contributed by atoms with Crippen LogP contribution in [0.1, 0.15) is 74.9 Å². The zero-order valence-electron chi connectivity index (χ0n) is 25.0. The van der Waals surface area contributed by atoms with Gasteiger partial charge in [-0.25, -0.2) is 0 Å². The van der Waals surface area contributed by atoms with Crippen LogP contribution in [0.25, 0.3) is 0 Å². The Kier molecular flexibility index (Phi) is 8.07. The summed E-state index contributed by atoms with van der Waals surface area (Å²) in [4.78, 5) is 7.14. The van der Waals surface area contributed by atoms with Crippen molar-refractivity contribution >= 4 is 27.7 Å². The van der Waals surface area contributed by atoms with Crippen molar-refractivity contribution in [3.05, 3.63) is 71.0 Å².